The summed E-state index contributed by atoms with van der Waals surface area (Å²) in [5, 5.41) is 0. The number of carbonyl (C=O) groups is 2. The van der Waals surface area contributed by atoms with E-state index in [1.54, 1.807) is 66.7 Å². The van der Waals surface area contributed by atoms with Crippen molar-refractivity contribution in [1.82, 2.24) is 0 Å². The molecular formula is C55H80O10. The number of hydrogen-bond donors (Lipinski definition) is 0. The number of aryl methyl sites for hydroxylation is 1. The second kappa shape index (κ2) is 32.7. The van der Waals surface area contributed by atoms with E-state index in [0.29, 0.717) is 41.4 Å². The summed E-state index contributed by atoms with van der Waals surface area (Å²) in [6, 6.07) is 19.0. The second-order valence-corrected chi connectivity index (χ2v) is 17.9. The molecular weight excluding hydrogens is 821 g/mol. The SMILES string of the molecule is Cc1cc(OC(=O)c2ccc(OCCCCCCCCCCCCOC3CCCCO3)cc2)ccc1OC(=O)c1ccc(OCCCCCCCCCCCCOC2CCCCO2)cc1. The van der Waals surface area contributed by atoms with Crippen LogP contribution in [0.3, 0.4) is 0 Å². The van der Waals surface area contributed by atoms with E-state index in [2.05, 4.69) is 0 Å². The van der Waals surface area contributed by atoms with Crippen molar-refractivity contribution in [2.45, 2.75) is 186 Å². The Labute approximate surface area is 390 Å². The molecule has 2 unspecified atom stereocenters. The first-order valence-corrected chi connectivity index (χ1v) is 25.5. The van der Waals surface area contributed by atoms with Crippen LogP contribution in [0.5, 0.6) is 23.0 Å². The summed E-state index contributed by atoms with van der Waals surface area (Å²) in [5.74, 6) is 1.30. The van der Waals surface area contributed by atoms with Crippen molar-refractivity contribution in [3.05, 3.63) is 83.4 Å². The number of carbonyl (C=O) groups excluding carboxylic acids is 2. The number of ether oxygens (including phenoxy) is 8. The lowest BCUT2D eigenvalue weighted by atomic mass is 10.1. The van der Waals surface area contributed by atoms with Crippen molar-refractivity contribution in [2.75, 3.05) is 39.6 Å². The van der Waals surface area contributed by atoms with Crippen molar-refractivity contribution in [3.63, 3.8) is 0 Å². The van der Waals surface area contributed by atoms with Gasteiger partial charge in [0.1, 0.15) is 23.0 Å². The molecule has 0 bridgehead atoms. The summed E-state index contributed by atoms with van der Waals surface area (Å²) < 4.78 is 46.1. The largest absolute Gasteiger partial charge is 0.494 e. The van der Waals surface area contributed by atoms with E-state index in [1.165, 1.54) is 116 Å². The molecule has 2 heterocycles. The Bertz CT molecular complexity index is 1700. The maximum Gasteiger partial charge on any atom is 0.343 e. The monoisotopic (exact) mass is 901 g/mol. The lowest BCUT2D eigenvalue weighted by molar-refractivity contribution is -0.163. The highest BCUT2D eigenvalue weighted by Gasteiger charge is 2.16. The van der Waals surface area contributed by atoms with Crippen molar-refractivity contribution in [1.29, 1.82) is 0 Å². The predicted molar refractivity (Wildman–Crippen MR) is 256 cm³/mol. The highest BCUT2D eigenvalue weighted by molar-refractivity contribution is 5.92. The average Bonchev–Trinajstić information content (AvgIpc) is 3.33. The van der Waals surface area contributed by atoms with Crippen LogP contribution in [-0.2, 0) is 18.9 Å². The second-order valence-electron chi connectivity index (χ2n) is 17.9. The third-order valence-corrected chi connectivity index (χ3v) is 12.2. The van der Waals surface area contributed by atoms with E-state index in [0.717, 1.165) is 89.3 Å². The van der Waals surface area contributed by atoms with Crippen LogP contribution < -0.4 is 18.9 Å². The molecule has 0 radical (unpaired) electrons. The average molecular weight is 901 g/mol. The Morgan fingerprint density at radius 2 is 0.815 bits per heavy atom. The number of benzene rings is 3. The number of hydrogen-bond acceptors (Lipinski definition) is 10. The van der Waals surface area contributed by atoms with Gasteiger partial charge in [-0.3, -0.25) is 0 Å². The van der Waals surface area contributed by atoms with Gasteiger partial charge in [-0.2, -0.15) is 0 Å². The Morgan fingerprint density at radius 3 is 1.20 bits per heavy atom. The lowest BCUT2D eigenvalue weighted by Gasteiger charge is -2.22. The zero-order valence-corrected chi connectivity index (χ0v) is 39.7. The highest BCUT2D eigenvalue weighted by Crippen LogP contribution is 2.26. The summed E-state index contributed by atoms with van der Waals surface area (Å²) in [4.78, 5) is 25.8. The van der Waals surface area contributed by atoms with Gasteiger partial charge in [0, 0.05) is 26.4 Å². The molecule has 2 aliphatic heterocycles. The van der Waals surface area contributed by atoms with Crippen LogP contribution in [-0.4, -0.2) is 64.2 Å². The summed E-state index contributed by atoms with van der Waals surface area (Å²) in [7, 11) is 0. The first-order chi connectivity index (χ1) is 32.0. The molecule has 2 atom stereocenters. The summed E-state index contributed by atoms with van der Waals surface area (Å²) in [5.41, 5.74) is 1.53. The van der Waals surface area contributed by atoms with E-state index in [9.17, 15) is 9.59 Å². The molecule has 0 aromatic heterocycles. The molecule has 2 fully saturated rings. The standard InChI is InChI=1S/C55H80O10/c1-45-44-50(64-54(56)46-28-32-48(33-29-46)58-38-20-14-10-6-2-4-8-12-16-22-40-60-52-26-18-24-42-62-52)36-37-51(45)65-55(57)47-30-34-49(35-31-47)59-39-21-15-11-7-3-5-9-13-17-23-41-61-53-27-19-25-43-63-53/h28-37,44,52-53H,2-27,38-43H2,1H3. The van der Waals surface area contributed by atoms with Gasteiger partial charge in [0.2, 0.25) is 0 Å². The normalized spacial score (nSPS) is 16.3. The quantitative estimate of drug-likeness (QED) is 0.0326. The first-order valence-electron chi connectivity index (χ1n) is 25.5. The summed E-state index contributed by atoms with van der Waals surface area (Å²) in [6.45, 7) is 6.47. The molecule has 10 nitrogen and oxygen atoms in total. The van der Waals surface area contributed by atoms with Crippen LogP contribution in [0.25, 0.3) is 0 Å². The van der Waals surface area contributed by atoms with E-state index >= 15 is 0 Å². The summed E-state index contributed by atoms with van der Waals surface area (Å²) >= 11 is 0. The van der Waals surface area contributed by atoms with Gasteiger partial charge in [-0.15, -0.1) is 0 Å². The van der Waals surface area contributed by atoms with Gasteiger partial charge in [0.25, 0.3) is 0 Å². The topological polar surface area (TPSA) is 108 Å². The fourth-order valence-electron chi connectivity index (χ4n) is 8.23. The van der Waals surface area contributed by atoms with Gasteiger partial charge in [0.15, 0.2) is 12.6 Å². The van der Waals surface area contributed by atoms with Gasteiger partial charge in [-0.05, 0) is 143 Å². The molecule has 2 saturated heterocycles. The molecule has 2 aliphatic rings. The van der Waals surface area contributed by atoms with Crippen molar-refractivity contribution in [3.8, 4) is 23.0 Å². The third kappa shape index (κ3) is 22.4. The molecule has 65 heavy (non-hydrogen) atoms. The van der Waals surface area contributed by atoms with Crippen molar-refractivity contribution < 1.29 is 47.5 Å². The third-order valence-electron chi connectivity index (χ3n) is 12.2. The van der Waals surface area contributed by atoms with Gasteiger partial charge < -0.3 is 37.9 Å². The maximum absolute atomic E-state index is 12.9. The molecule has 0 N–H and O–H groups in total. The van der Waals surface area contributed by atoms with Crippen LogP contribution in [0.2, 0.25) is 0 Å². The van der Waals surface area contributed by atoms with Crippen LogP contribution in [0, 0.1) is 6.92 Å². The molecule has 0 aliphatic carbocycles. The number of rotatable bonds is 34. The van der Waals surface area contributed by atoms with Crippen LogP contribution >= 0.6 is 0 Å². The lowest BCUT2D eigenvalue weighted by Crippen LogP contribution is -2.22. The predicted octanol–water partition coefficient (Wildman–Crippen LogP) is 14.1. The molecule has 0 saturated carbocycles. The molecule has 3 aromatic carbocycles. The molecule has 0 spiro atoms. The van der Waals surface area contributed by atoms with Gasteiger partial charge >= 0.3 is 11.9 Å². The van der Waals surface area contributed by atoms with E-state index in [1.807, 2.05) is 6.92 Å². The van der Waals surface area contributed by atoms with Crippen molar-refractivity contribution >= 4 is 11.9 Å². The minimum Gasteiger partial charge on any atom is -0.494 e. The maximum atomic E-state index is 12.9. The Kier molecular flexibility index (Phi) is 26.1. The Balaban J connectivity index is 0.838. The number of unbranched alkanes of at least 4 members (excludes halogenated alkanes) is 18. The summed E-state index contributed by atoms with van der Waals surface area (Å²) in [6.07, 6.45) is 31.4. The zero-order valence-electron chi connectivity index (χ0n) is 39.7. The van der Waals surface area contributed by atoms with Gasteiger partial charge in [-0.1, -0.05) is 103 Å². The van der Waals surface area contributed by atoms with E-state index in [4.69, 9.17) is 37.9 Å². The van der Waals surface area contributed by atoms with Crippen LogP contribution in [0.4, 0.5) is 0 Å². The molecule has 5 rings (SSSR count). The van der Waals surface area contributed by atoms with Crippen molar-refractivity contribution in [2.24, 2.45) is 0 Å². The highest BCUT2D eigenvalue weighted by atomic mass is 16.7. The van der Waals surface area contributed by atoms with Crippen LogP contribution in [0.15, 0.2) is 66.7 Å². The molecule has 3 aromatic rings. The van der Waals surface area contributed by atoms with Gasteiger partial charge in [0.05, 0.1) is 24.3 Å². The fraction of sp³-hybridized carbons (Fsp3) is 0.636. The molecule has 360 valence electrons. The first kappa shape index (κ1) is 52.0. The Morgan fingerprint density at radius 1 is 0.446 bits per heavy atom. The zero-order chi connectivity index (χ0) is 45.4. The Hall–Kier alpha value is -3.96. The number of esters is 2. The molecule has 0 amide bonds. The smallest absolute Gasteiger partial charge is 0.343 e. The van der Waals surface area contributed by atoms with Gasteiger partial charge in [-0.25, -0.2) is 9.59 Å². The fourth-order valence-corrected chi connectivity index (χ4v) is 8.23. The minimum atomic E-state index is -0.471. The van der Waals surface area contributed by atoms with E-state index in [-0.39, 0.29) is 12.6 Å². The van der Waals surface area contributed by atoms with E-state index < -0.39 is 11.9 Å². The molecule has 10 heteroatoms. The minimum absolute atomic E-state index is 0.0402. The van der Waals surface area contributed by atoms with Crippen LogP contribution in [0.1, 0.15) is 193 Å².